The summed E-state index contributed by atoms with van der Waals surface area (Å²) >= 11 is 0. The molecule has 0 amide bonds. The maximum Gasteiger partial charge on any atom is 0.199 e. The van der Waals surface area contributed by atoms with Gasteiger partial charge in [0, 0.05) is 6.42 Å². The van der Waals surface area contributed by atoms with E-state index < -0.39 is 0 Å². The monoisotopic (exact) mass is 400 g/mol. The first kappa shape index (κ1) is 20.2. The van der Waals surface area contributed by atoms with Crippen LogP contribution in [0.5, 0.6) is 11.5 Å². The molecule has 1 N–H and O–H groups in total. The number of rotatable bonds is 6. The quantitative estimate of drug-likeness (QED) is 0.470. The molecule has 1 unspecified atom stereocenters. The summed E-state index contributed by atoms with van der Waals surface area (Å²) in [5.74, 6) is 1.10. The van der Waals surface area contributed by atoms with E-state index >= 15 is 0 Å². The molecule has 4 rings (SSSR count). The van der Waals surface area contributed by atoms with Crippen molar-refractivity contribution in [3.63, 3.8) is 0 Å². The van der Waals surface area contributed by atoms with Crippen molar-refractivity contribution in [3.8, 4) is 11.5 Å². The van der Waals surface area contributed by atoms with Crippen LogP contribution in [-0.4, -0.2) is 18.0 Å². The zero-order valence-electron chi connectivity index (χ0n) is 17.4. The zero-order valence-corrected chi connectivity index (χ0v) is 17.4. The molecule has 3 aromatic rings. The molecule has 1 heterocycles. The standard InChI is InChI=1S/C27H28O3/c1-2-25(20-8-4-3-5-9-20)27(21-11-15-23(28)16-12-21)22-13-17-24(18-14-22)30-26-10-6-7-19-29-26/h3-5,8-9,11-18,26,28H,2,6-7,10,19H2,1H3. The number of phenolic OH excluding ortho intramolecular Hbond substituents is 1. The molecule has 0 spiro atoms. The zero-order chi connectivity index (χ0) is 20.8. The summed E-state index contributed by atoms with van der Waals surface area (Å²) in [6.45, 7) is 2.95. The van der Waals surface area contributed by atoms with E-state index in [1.807, 2.05) is 30.3 Å². The van der Waals surface area contributed by atoms with Crippen molar-refractivity contribution in [2.75, 3.05) is 6.61 Å². The first-order valence-electron chi connectivity index (χ1n) is 10.7. The minimum Gasteiger partial charge on any atom is -0.508 e. The summed E-state index contributed by atoms with van der Waals surface area (Å²) in [6, 6.07) is 26.2. The van der Waals surface area contributed by atoms with Gasteiger partial charge in [-0.2, -0.15) is 0 Å². The third-order valence-corrected chi connectivity index (χ3v) is 5.48. The maximum atomic E-state index is 9.77. The van der Waals surface area contributed by atoms with Gasteiger partial charge in [0.15, 0.2) is 6.29 Å². The van der Waals surface area contributed by atoms with Crippen LogP contribution in [0, 0.1) is 0 Å². The van der Waals surface area contributed by atoms with E-state index in [4.69, 9.17) is 9.47 Å². The Balaban J connectivity index is 1.72. The molecule has 1 aliphatic heterocycles. The first-order chi connectivity index (χ1) is 14.7. The van der Waals surface area contributed by atoms with Gasteiger partial charge in [-0.15, -0.1) is 0 Å². The van der Waals surface area contributed by atoms with Crippen molar-refractivity contribution in [1.29, 1.82) is 0 Å². The summed E-state index contributed by atoms with van der Waals surface area (Å²) in [6.07, 6.45) is 3.95. The average molecular weight is 401 g/mol. The van der Waals surface area contributed by atoms with E-state index in [0.717, 1.165) is 49.2 Å². The van der Waals surface area contributed by atoms with Gasteiger partial charge in [-0.05, 0) is 71.4 Å². The minimum absolute atomic E-state index is 0.146. The van der Waals surface area contributed by atoms with Gasteiger partial charge in [0.05, 0.1) is 6.61 Å². The van der Waals surface area contributed by atoms with Crippen LogP contribution >= 0.6 is 0 Å². The average Bonchev–Trinajstić information content (AvgIpc) is 2.80. The van der Waals surface area contributed by atoms with Crippen LogP contribution in [0.4, 0.5) is 0 Å². The fraction of sp³-hybridized carbons (Fsp3) is 0.259. The second-order valence-electron chi connectivity index (χ2n) is 7.56. The van der Waals surface area contributed by atoms with Gasteiger partial charge in [0.25, 0.3) is 0 Å². The number of phenols is 1. The molecule has 0 bridgehead atoms. The van der Waals surface area contributed by atoms with Crippen LogP contribution < -0.4 is 4.74 Å². The summed E-state index contributed by atoms with van der Waals surface area (Å²) in [5.41, 5.74) is 5.85. The number of hydrogen-bond acceptors (Lipinski definition) is 3. The Morgan fingerprint density at radius 3 is 2.13 bits per heavy atom. The largest absolute Gasteiger partial charge is 0.508 e. The maximum absolute atomic E-state index is 9.77. The highest BCUT2D eigenvalue weighted by Crippen LogP contribution is 2.35. The van der Waals surface area contributed by atoms with Crippen molar-refractivity contribution in [3.05, 3.63) is 95.6 Å². The fourth-order valence-electron chi connectivity index (χ4n) is 3.96. The van der Waals surface area contributed by atoms with E-state index in [1.165, 1.54) is 16.7 Å². The molecule has 0 saturated carbocycles. The van der Waals surface area contributed by atoms with Crippen molar-refractivity contribution in [2.45, 2.75) is 38.9 Å². The fourth-order valence-corrected chi connectivity index (χ4v) is 3.96. The van der Waals surface area contributed by atoms with Crippen LogP contribution in [0.3, 0.4) is 0 Å². The molecule has 3 nitrogen and oxygen atoms in total. The Morgan fingerprint density at radius 1 is 0.867 bits per heavy atom. The Bertz CT molecular complexity index is 967. The van der Waals surface area contributed by atoms with E-state index in [9.17, 15) is 5.11 Å². The lowest BCUT2D eigenvalue weighted by molar-refractivity contribution is -0.105. The molecule has 1 fully saturated rings. The second kappa shape index (κ2) is 9.64. The Hall–Kier alpha value is -3.04. The van der Waals surface area contributed by atoms with Gasteiger partial charge in [-0.3, -0.25) is 0 Å². The molecule has 3 heteroatoms. The Kier molecular flexibility index (Phi) is 6.50. The predicted molar refractivity (Wildman–Crippen MR) is 121 cm³/mol. The highest BCUT2D eigenvalue weighted by molar-refractivity contribution is 5.98. The molecule has 0 aliphatic carbocycles. The Labute approximate surface area is 178 Å². The van der Waals surface area contributed by atoms with E-state index in [0.29, 0.717) is 0 Å². The van der Waals surface area contributed by atoms with Crippen molar-refractivity contribution >= 4 is 11.1 Å². The molecule has 3 aromatic carbocycles. The molecule has 1 atom stereocenters. The number of allylic oxidation sites excluding steroid dienone is 1. The van der Waals surface area contributed by atoms with Gasteiger partial charge in [0.2, 0.25) is 0 Å². The lowest BCUT2D eigenvalue weighted by Crippen LogP contribution is -2.24. The SMILES string of the molecule is CCC(=C(c1ccc(O)cc1)c1ccc(OC2CCCCO2)cc1)c1ccccc1. The molecular weight excluding hydrogens is 372 g/mol. The number of ether oxygens (including phenoxy) is 2. The lowest BCUT2D eigenvalue weighted by Gasteiger charge is -2.23. The smallest absolute Gasteiger partial charge is 0.199 e. The van der Waals surface area contributed by atoms with Crippen molar-refractivity contribution in [1.82, 2.24) is 0 Å². The first-order valence-corrected chi connectivity index (χ1v) is 10.7. The van der Waals surface area contributed by atoms with E-state index in [2.05, 4.69) is 43.3 Å². The number of aromatic hydroxyl groups is 1. The summed E-state index contributed by atoms with van der Waals surface area (Å²) < 4.78 is 11.7. The second-order valence-corrected chi connectivity index (χ2v) is 7.56. The van der Waals surface area contributed by atoms with Crippen molar-refractivity contribution in [2.24, 2.45) is 0 Å². The van der Waals surface area contributed by atoms with Crippen LogP contribution in [0.1, 0.15) is 49.3 Å². The topological polar surface area (TPSA) is 38.7 Å². The van der Waals surface area contributed by atoms with Gasteiger partial charge < -0.3 is 14.6 Å². The number of benzene rings is 3. The van der Waals surface area contributed by atoms with Gasteiger partial charge in [-0.25, -0.2) is 0 Å². The molecule has 1 saturated heterocycles. The Morgan fingerprint density at radius 2 is 1.53 bits per heavy atom. The molecule has 0 radical (unpaired) electrons. The van der Waals surface area contributed by atoms with Gasteiger partial charge in [-0.1, -0.05) is 61.5 Å². The van der Waals surface area contributed by atoms with Crippen LogP contribution in [0.15, 0.2) is 78.9 Å². The molecule has 154 valence electrons. The summed E-state index contributed by atoms with van der Waals surface area (Å²) in [5, 5.41) is 9.77. The third kappa shape index (κ3) is 4.74. The van der Waals surface area contributed by atoms with Crippen LogP contribution in [-0.2, 0) is 4.74 Å². The normalized spacial score (nSPS) is 17.3. The van der Waals surface area contributed by atoms with E-state index in [1.54, 1.807) is 12.1 Å². The van der Waals surface area contributed by atoms with Crippen LogP contribution in [0.2, 0.25) is 0 Å². The number of hydrogen-bond donors (Lipinski definition) is 1. The molecule has 0 aromatic heterocycles. The summed E-state index contributed by atoms with van der Waals surface area (Å²) in [4.78, 5) is 0. The highest BCUT2D eigenvalue weighted by atomic mass is 16.7. The molecule has 1 aliphatic rings. The van der Waals surface area contributed by atoms with E-state index in [-0.39, 0.29) is 12.0 Å². The lowest BCUT2D eigenvalue weighted by atomic mass is 9.88. The third-order valence-electron chi connectivity index (χ3n) is 5.48. The molecular formula is C27H28O3. The van der Waals surface area contributed by atoms with Gasteiger partial charge >= 0.3 is 0 Å². The van der Waals surface area contributed by atoms with Crippen molar-refractivity contribution < 1.29 is 14.6 Å². The predicted octanol–water partition coefficient (Wildman–Crippen LogP) is 6.67. The van der Waals surface area contributed by atoms with Crippen LogP contribution in [0.25, 0.3) is 11.1 Å². The highest BCUT2D eigenvalue weighted by Gasteiger charge is 2.16. The molecule has 30 heavy (non-hydrogen) atoms. The minimum atomic E-state index is -0.146. The van der Waals surface area contributed by atoms with Gasteiger partial charge in [0.1, 0.15) is 11.5 Å². The summed E-state index contributed by atoms with van der Waals surface area (Å²) in [7, 11) is 0.